The number of aliphatic carboxylic acids is 1. The lowest BCUT2D eigenvalue weighted by Gasteiger charge is -2.34. The van der Waals surface area contributed by atoms with Gasteiger partial charge in [0.25, 0.3) is 5.91 Å². The fourth-order valence-corrected chi connectivity index (χ4v) is 3.05. The lowest BCUT2D eigenvalue weighted by molar-refractivity contribution is -0.142. The van der Waals surface area contributed by atoms with Gasteiger partial charge in [0.05, 0.1) is 10.7 Å². The predicted molar refractivity (Wildman–Crippen MR) is 84.4 cm³/mol. The van der Waals surface area contributed by atoms with Crippen molar-refractivity contribution < 1.29 is 14.7 Å². The third kappa shape index (κ3) is 2.59. The van der Waals surface area contributed by atoms with Gasteiger partial charge in [-0.25, -0.2) is 4.79 Å². The van der Waals surface area contributed by atoms with Crippen LogP contribution in [-0.4, -0.2) is 37.7 Å². The molecule has 0 saturated heterocycles. The van der Waals surface area contributed by atoms with Crippen LogP contribution in [0.4, 0.5) is 0 Å². The van der Waals surface area contributed by atoms with Crippen LogP contribution in [0.5, 0.6) is 0 Å². The van der Waals surface area contributed by atoms with E-state index in [0.717, 1.165) is 11.1 Å². The average Bonchev–Trinajstić information content (AvgIpc) is 2.80. The molecule has 0 saturated carbocycles. The molecule has 1 aliphatic heterocycles. The number of rotatable bonds is 2. The van der Waals surface area contributed by atoms with Gasteiger partial charge in [-0.2, -0.15) is 5.10 Å². The largest absolute Gasteiger partial charge is 0.480 e. The third-order valence-electron chi connectivity index (χ3n) is 4.26. The maximum atomic E-state index is 12.8. The fraction of sp³-hybridized carbons (Fsp3) is 0.312. The molecule has 1 N–H and O–H groups in total. The van der Waals surface area contributed by atoms with E-state index in [9.17, 15) is 14.7 Å². The van der Waals surface area contributed by atoms with E-state index in [4.69, 9.17) is 11.6 Å². The van der Waals surface area contributed by atoms with Crippen molar-refractivity contribution in [2.75, 3.05) is 0 Å². The van der Waals surface area contributed by atoms with Crippen molar-refractivity contribution in [1.29, 1.82) is 0 Å². The molecular formula is C16H16ClN3O3. The first-order valence-electron chi connectivity index (χ1n) is 7.19. The summed E-state index contributed by atoms with van der Waals surface area (Å²) in [5.41, 5.74) is 2.66. The zero-order chi connectivity index (χ0) is 16.7. The SMILES string of the molecule is Cc1c(Cl)c(C(=O)N2Cc3ccccc3CC2C(=O)O)nn1C. The fourth-order valence-electron chi connectivity index (χ4n) is 2.81. The summed E-state index contributed by atoms with van der Waals surface area (Å²) < 4.78 is 1.52. The molecule has 23 heavy (non-hydrogen) atoms. The molecule has 0 fully saturated rings. The quantitative estimate of drug-likeness (QED) is 0.912. The van der Waals surface area contributed by atoms with Crippen molar-refractivity contribution in [1.82, 2.24) is 14.7 Å². The molecule has 0 bridgehead atoms. The Morgan fingerprint density at radius 2 is 1.96 bits per heavy atom. The number of carbonyl (C=O) groups excluding carboxylic acids is 1. The van der Waals surface area contributed by atoms with Crippen molar-refractivity contribution in [3.8, 4) is 0 Å². The Morgan fingerprint density at radius 3 is 2.52 bits per heavy atom. The number of hydrogen-bond donors (Lipinski definition) is 1. The van der Waals surface area contributed by atoms with Crippen molar-refractivity contribution in [2.45, 2.75) is 25.9 Å². The molecule has 1 unspecified atom stereocenters. The lowest BCUT2D eigenvalue weighted by atomic mass is 9.93. The van der Waals surface area contributed by atoms with Gasteiger partial charge in [0.15, 0.2) is 5.69 Å². The van der Waals surface area contributed by atoms with E-state index in [1.165, 1.54) is 9.58 Å². The molecule has 6 nitrogen and oxygen atoms in total. The number of aryl methyl sites for hydroxylation is 1. The number of halogens is 1. The molecule has 1 amide bonds. The van der Waals surface area contributed by atoms with E-state index >= 15 is 0 Å². The van der Waals surface area contributed by atoms with Crippen LogP contribution in [0, 0.1) is 6.92 Å². The second-order valence-corrected chi connectivity index (χ2v) is 6.01. The Hall–Kier alpha value is -2.34. The highest BCUT2D eigenvalue weighted by atomic mass is 35.5. The number of amides is 1. The molecule has 1 aromatic heterocycles. The highest BCUT2D eigenvalue weighted by Gasteiger charge is 2.36. The van der Waals surface area contributed by atoms with Gasteiger partial charge in [0.1, 0.15) is 6.04 Å². The second-order valence-electron chi connectivity index (χ2n) is 5.63. The summed E-state index contributed by atoms with van der Waals surface area (Å²) in [6.07, 6.45) is 0.278. The smallest absolute Gasteiger partial charge is 0.326 e. The minimum Gasteiger partial charge on any atom is -0.480 e. The molecule has 0 spiro atoms. The van der Waals surface area contributed by atoms with Gasteiger partial charge in [-0.15, -0.1) is 0 Å². The van der Waals surface area contributed by atoms with E-state index in [-0.39, 0.29) is 23.7 Å². The number of fused-ring (bicyclic) bond motifs is 1. The monoisotopic (exact) mass is 333 g/mol. The second kappa shape index (κ2) is 5.70. The van der Waals surface area contributed by atoms with Gasteiger partial charge in [0.2, 0.25) is 0 Å². The summed E-state index contributed by atoms with van der Waals surface area (Å²) in [7, 11) is 1.69. The number of carboxylic acids is 1. The van der Waals surface area contributed by atoms with Gasteiger partial charge >= 0.3 is 5.97 Å². The Balaban J connectivity index is 2.01. The zero-order valence-electron chi connectivity index (χ0n) is 12.8. The number of carbonyl (C=O) groups is 2. The van der Waals surface area contributed by atoms with Gasteiger partial charge in [-0.3, -0.25) is 9.48 Å². The normalized spacial score (nSPS) is 17.0. The molecule has 0 aliphatic carbocycles. The van der Waals surface area contributed by atoms with E-state index in [1.54, 1.807) is 14.0 Å². The van der Waals surface area contributed by atoms with Crippen LogP contribution in [0.1, 0.15) is 27.3 Å². The average molecular weight is 334 g/mol. The Bertz CT molecular complexity index is 800. The van der Waals surface area contributed by atoms with Crippen molar-refractivity contribution >= 4 is 23.5 Å². The van der Waals surface area contributed by atoms with Crippen LogP contribution >= 0.6 is 11.6 Å². The topological polar surface area (TPSA) is 75.4 Å². The molecule has 1 aliphatic rings. The molecule has 1 aromatic carbocycles. The molecular weight excluding hydrogens is 318 g/mol. The highest BCUT2D eigenvalue weighted by Crippen LogP contribution is 2.27. The van der Waals surface area contributed by atoms with Gasteiger partial charge < -0.3 is 10.0 Å². The van der Waals surface area contributed by atoms with Crippen LogP contribution in [0.15, 0.2) is 24.3 Å². The minimum atomic E-state index is -1.03. The number of aromatic nitrogens is 2. The molecule has 1 atom stereocenters. The first kappa shape index (κ1) is 15.6. The first-order chi connectivity index (χ1) is 10.9. The Labute approximate surface area is 138 Å². The Morgan fingerprint density at radius 1 is 1.30 bits per heavy atom. The minimum absolute atomic E-state index is 0.0947. The number of carboxylic acid groups (broad SMARTS) is 1. The molecule has 2 aromatic rings. The highest BCUT2D eigenvalue weighted by molar-refractivity contribution is 6.34. The van der Waals surface area contributed by atoms with Gasteiger partial charge in [-0.05, 0) is 18.1 Å². The maximum absolute atomic E-state index is 12.8. The zero-order valence-corrected chi connectivity index (χ0v) is 13.5. The summed E-state index contributed by atoms with van der Waals surface area (Å²) in [6, 6.07) is 6.62. The third-order valence-corrected chi connectivity index (χ3v) is 4.71. The summed E-state index contributed by atoms with van der Waals surface area (Å²) in [6.45, 7) is 1.99. The molecule has 3 rings (SSSR count). The number of nitrogens with zero attached hydrogens (tertiary/aromatic N) is 3. The van der Waals surface area contributed by atoms with Crippen LogP contribution in [0.25, 0.3) is 0 Å². The summed E-state index contributed by atoms with van der Waals surface area (Å²) >= 11 is 6.18. The number of benzene rings is 1. The summed E-state index contributed by atoms with van der Waals surface area (Å²) in [5, 5.41) is 13.9. The van der Waals surface area contributed by atoms with E-state index < -0.39 is 17.9 Å². The van der Waals surface area contributed by atoms with E-state index in [1.807, 2.05) is 24.3 Å². The standard InChI is InChI=1S/C16H16ClN3O3/c1-9-13(17)14(18-19(9)2)15(21)20-8-11-6-4-3-5-10(11)7-12(20)16(22)23/h3-6,12H,7-8H2,1-2H3,(H,22,23). The van der Waals surface area contributed by atoms with Crippen LogP contribution in [-0.2, 0) is 24.8 Å². The first-order valence-corrected chi connectivity index (χ1v) is 7.57. The maximum Gasteiger partial charge on any atom is 0.326 e. The summed E-state index contributed by atoms with van der Waals surface area (Å²) in [5.74, 6) is -1.49. The molecule has 0 radical (unpaired) electrons. The van der Waals surface area contributed by atoms with E-state index in [2.05, 4.69) is 5.10 Å². The molecule has 7 heteroatoms. The van der Waals surface area contributed by atoms with Crippen molar-refractivity contribution in [2.24, 2.45) is 7.05 Å². The van der Waals surface area contributed by atoms with Gasteiger partial charge in [-0.1, -0.05) is 35.9 Å². The molecule has 120 valence electrons. The summed E-state index contributed by atoms with van der Waals surface area (Å²) in [4.78, 5) is 25.8. The lowest BCUT2D eigenvalue weighted by Crippen LogP contribution is -2.48. The van der Waals surface area contributed by atoms with Crippen LogP contribution in [0.2, 0.25) is 5.02 Å². The molecule has 2 heterocycles. The number of hydrogen-bond acceptors (Lipinski definition) is 3. The van der Waals surface area contributed by atoms with E-state index in [0.29, 0.717) is 5.69 Å². The van der Waals surface area contributed by atoms with Crippen LogP contribution in [0.3, 0.4) is 0 Å². The van der Waals surface area contributed by atoms with Crippen molar-refractivity contribution in [3.63, 3.8) is 0 Å². The van der Waals surface area contributed by atoms with Crippen LogP contribution < -0.4 is 0 Å². The van der Waals surface area contributed by atoms with Gasteiger partial charge in [0, 0.05) is 20.0 Å². The van der Waals surface area contributed by atoms with Crippen molar-refractivity contribution in [3.05, 3.63) is 51.8 Å². The predicted octanol–water partition coefficient (Wildman–Crippen LogP) is 2.03. The Kier molecular flexibility index (Phi) is 3.85.